The summed E-state index contributed by atoms with van der Waals surface area (Å²) in [7, 11) is 0. The Morgan fingerprint density at radius 3 is 2.60 bits per heavy atom. The van der Waals surface area contributed by atoms with Gasteiger partial charge in [-0.2, -0.15) is 0 Å². The van der Waals surface area contributed by atoms with Gasteiger partial charge in [-0.05, 0) is 19.1 Å². The fourth-order valence-electron chi connectivity index (χ4n) is 2.88. The van der Waals surface area contributed by atoms with E-state index in [9.17, 15) is 4.79 Å². The fraction of sp³-hybridized carbons (Fsp3) is 0.500. The van der Waals surface area contributed by atoms with Crippen molar-refractivity contribution >= 4 is 5.91 Å². The molecule has 3 rings (SSSR count). The smallest absolute Gasteiger partial charge is 0.254 e. The highest BCUT2D eigenvalue weighted by Gasteiger charge is 2.25. The summed E-state index contributed by atoms with van der Waals surface area (Å²) in [6.07, 6.45) is 3.89. The lowest BCUT2D eigenvalue weighted by Crippen LogP contribution is -2.43. The van der Waals surface area contributed by atoms with Crippen LogP contribution in [-0.4, -0.2) is 53.6 Å². The average molecular weight is 344 g/mol. The first-order chi connectivity index (χ1) is 12.2. The normalized spacial score (nSPS) is 16.6. The van der Waals surface area contributed by atoms with Crippen LogP contribution in [0.1, 0.15) is 40.7 Å². The molecule has 7 nitrogen and oxygen atoms in total. The molecule has 1 N–H and O–H groups in total. The van der Waals surface area contributed by atoms with Crippen LogP contribution in [0.25, 0.3) is 0 Å². The molecular weight excluding hydrogens is 320 g/mol. The highest BCUT2D eigenvalue weighted by molar-refractivity contribution is 5.93. The summed E-state index contributed by atoms with van der Waals surface area (Å²) in [6, 6.07) is 3.90. The summed E-state index contributed by atoms with van der Waals surface area (Å²) in [5, 5.41) is 2.98. The van der Waals surface area contributed by atoms with Gasteiger partial charge >= 0.3 is 0 Å². The van der Waals surface area contributed by atoms with E-state index in [0.717, 1.165) is 36.9 Å². The van der Waals surface area contributed by atoms with Crippen molar-refractivity contribution in [3.8, 4) is 0 Å². The minimum absolute atomic E-state index is 0.0163. The molecule has 0 saturated carbocycles. The number of ether oxygens (including phenoxy) is 1. The maximum Gasteiger partial charge on any atom is 0.254 e. The summed E-state index contributed by atoms with van der Waals surface area (Å²) in [6.45, 7) is 7.37. The van der Waals surface area contributed by atoms with Crippen molar-refractivity contribution in [2.45, 2.75) is 26.3 Å². The molecule has 1 saturated heterocycles. The third-order valence-electron chi connectivity index (χ3n) is 4.32. The Morgan fingerprint density at radius 1 is 1.28 bits per heavy atom. The number of furan rings is 1. The molecule has 1 amide bonds. The number of carbonyl (C=O) groups is 1. The van der Waals surface area contributed by atoms with E-state index in [1.165, 1.54) is 0 Å². The lowest BCUT2D eigenvalue weighted by atomic mass is 10.1. The number of nitrogens with one attached hydrogen (secondary N) is 1. The number of aromatic nitrogens is 2. The summed E-state index contributed by atoms with van der Waals surface area (Å²) in [5.41, 5.74) is 0.466. The topological polar surface area (TPSA) is 80.5 Å². The maximum absolute atomic E-state index is 12.4. The lowest BCUT2D eigenvalue weighted by Gasteiger charge is -2.33. The van der Waals surface area contributed by atoms with E-state index < -0.39 is 0 Å². The number of morpholine rings is 1. The van der Waals surface area contributed by atoms with Gasteiger partial charge in [0.2, 0.25) is 0 Å². The Labute approximate surface area is 147 Å². The molecule has 0 radical (unpaired) electrons. The molecule has 2 aromatic rings. The van der Waals surface area contributed by atoms with Gasteiger partial charge in [-0.25, -0.2) is 9.97 Å². The fourth-order valence-corrected chi connectivity index (χ4v) is 2.88. The van der Waals surface area contributed by atoms with Crippen LogP contribution in [-0.2, 0) is 11.2 Å². The number of carbonyl (C=O) groups excluding carboxylic acids is 1. The number of aryl methyl sites for hydroxylation is 2. The molecule has 1 atom stereocenters. The van der Waals surface area contributed by atoms with Gasteiger partial charge in [-0.15, -0.1) is 0 Å². The maximum atomic E-state index is 12.4. The third kappa shape index (κ3) is 4.43. The largest absolute Gasteiger partial charge is 0.465 e. The monoisotopic (exact) mass is 344 g/mol. The van der Waals surface area contributed by atoms with Gasteiger partial charge < -0.3 is 14.5 Å². The van der Waals surface area contributed by atoms with Crippen molar-refractivity contribution in [3.63, 3.8) is 0 Å². The molecule has 7 heteroatoms. The lowest BCUT2D eigenvalue weighted by molar-refractivity contribution is 0.0117. The second kappa shape index (κ2) is 8.22. The number of rotatable bonds is 6. The number of hydrogen-bond donors (Lipinski definition) is 1. The zero-order valence-corrected chi connectivity index (χ0v) is 14.7. The quantitative estimate of drug-likeness (QED) is 0.860. The van der Waals surface area contributed by atoms with Crippen LogP contribution in [0.4, 0.5) is 0 Å². The summed E-state index contributed by atoms with van der Waals surface area (Å²) >= 11 is 0. The van der Waals surface area contributed by atoms with Crippen LogP contribution < -0.4 is 5.32 Å². The van der Waals surface area contributed by atoms with Gasteiger partial charge in [0.25, 0.3) is 5.91 Å². The van der Waals surface area contributed by atoms with Crippen LogP contribution in [0, 0.1) is 6.92 Å². The van der Waals surface area contributed by atoms with E-state index in [4.69, 9.17) is 9.15 Å². The second-order valence-electron chi connectivity index (χ2n) is 6.06. The van der Waals surface area contributed by atoms with Gasteiger partial charge in [-0.3, -0.25) is 9.69 Å². The molecule has 0 spiro atoms. The molecule has 1 aliphatic rings. The minimum atomic E-state index is -0.177. The van der Waals surface area contributed by atoms with E-state index >= 15 is 0 Å². The number of amides is 1. The van der Waals surface area contributed by atoms with Gasteiger partial charge in [0.05, 0.1) is 24.8 Å². The van der Waals surface area contributed by atoms with Crippen LogP contribution >= 0.6 is 0 Å². The first-order valence-corrected chi connectivity index (χ1v) is 8.64. The SMILES string of the molecule is CCc1ncc(C(=O)NCC(c2ccc(C)o2)N2CCOCC2)cn1. The average Bonchev–Trinajstić information content (AvgIpc) is 3.09. The highest BCUT2D eigenvalue weighted by Crippen LogP contribution is 2.23. The summed E-state index contributed by atoms with van der Waals surface area (Å²) in [5.74, 6) is 2.28. The van der Waals surface area contributed by atoms with Crippen LogP contribution in [0.3, 0.4) is 0 Å². The van der Waals surface area contributed by atoms with Crippen LogP contribution in [0.5, 0.6) is 0 Å². The Morgan fingerprint density at radius 2 is 2.00 bits per heavy atom. The van der Waals surface area contributed by atoms with Crippen molar-refractivity contribution in [1.29, 1.82) is 0 Å². The zero-order chi connectivity index (χ0) is 17.6. The highest BCUT2D eigenvalue weighted by atomic mass is 16.5. The van der Waals surface area contributed by atoms with E-state index in [1.54, 1.807) is 12.4 Å². The van der Waals surface area contributed by atoms with E-state index in [1.807, 2.05) is 26.0 Å². The predicted molar refractivity (Wildman–Crippen MR) is 92.3 cm³/mol. The third-order valence-corrected chi connectivity index (χ3v) is 4.32. The second-order valence-corrected chi connectivity index (χ2v) is 6.06. The van der Waals surface area contributed by atoms with Crippen molar-refractivity contribution in [2.75, 3.05) is 32.8 Å². The molecule has 1 aliphatic heterocycles. The number of nitrogens with zero attached hydrogens (tertiary/aromatic N) is 3. The van der Waals surface area contributed by atoms with Gasteiger partial charge in [0, 0.05) is 38.4 Å². The van der Waals surface area contributed by atoms with Gasteiger partial charge in [0.15, 0.2) is 0 Å². The Kier molecular flexibility index (Phi) is 5.78. The van der Waals surface area contributed by atoms with Crippen molar-refractivity contribution in [1.82, 2.24) is 20.2 Å². The van der Waals surface area contributed by atoms with Crippen molar-refractivity contribution < 1.29 is 13.9 Å². The first-order valence-electron chi connectivity index (χ1n) is 8.64. The molecule has 1 unspecified atom stereocenters. The minimum Gasteiger partial charge on any atom is -0.465 e. The Bertz CT molecular complexity index is 693. The molecule has 0 bridgehead atoms. The predicted octanol–water partition coefficient (Wildman–Crippen LogP) is 1.74. The van der Waals surface area contributed by atoms with Gasteiger partial charge in [-0.1, -0.05) is 6.92 Å². The van der Waals surface area contributed by atoms with E-state index in [0.29, 0.717) is 25.3 Å². The van der Waals surface area contributed by atoms with Crippen LogP contribution in [0.15, 0.2) is 28.9 Å². The molecule has 2 aromatic heterocycles. The summed E-state index contributed by atoms with van der Waals surface area (Å²) < 4.78 is 11.2. The zero-order valence-electron chi connectivity index (χ0n) is 14.7. The standard InChI is InChI=1S/C18H24N4O3/c1-3-17-19-10-14(11-20-17)18(23)21-12-15(16-5-4-13(2)25-16)22-6-8-24-9-7-22/h4-5,10-11,15H,3,6-9,12H2,1-2H3,(H,21,23). The summed E-state index contributed by atoms with van der Waals surface area (Å²) in [4.78, 5) is 23.0. The van der Waals surface area contributed by atoms with Crippen molar-refractivity contribution in [3.05, 3.63) is 47.4 Å². The van der Waals surface area contributed by atoms with Crippen LogP contribution in [0.2, 0.25) is 0 Å². The molecule has 1 fully saturated rings. The molecule has 0 aliphatic carbocycles. The molecule has 0 aromatic carbocycles. The van der Waals surface area contributed by atoms with Gasteiger partial charge in [0.1, 0.15) is 17.3 Å². The van der Waals surface area contributed by atoms with E-state index in [2.05, 4.69) is 20.2 Å². The number of hydrogen-bond acceptors (Lipinski definition) is 6. The molecule has 3 heterocycles. The van der Waals surface area contributed by atoms with Crippen molar-refractivity contribution in [2.24, 2.45) is 0 Å². The Balaban J connectivity index is 1.67. The molecule has 134 valence electrons. The first kappa shape index (κ1) is 17.6. The molecule has 25 heavy (non-hydrogen) atoms. The van der Waals surface area contributed by atoms with E-state index in [-0.39, 0.29) is 11.9 Å². The Hall–Kier alpha value is -2.25. The molecular formula is C18H24N4O3.